The average Bonchev–Trinajstić information content (AvgIpc) is 3.05. The van der Waals surface area contributed by atoms with Gasteiger partial charge in [-0.25, -0.2) is 4.39 Å². The van der Waals surface area contributed by atoms with Gasteiger partial charge in [-0.15, -0.1) is 24.2 Å². The van der Waals surface area contributed by atoms with Crippen LogP contribution < -0.4 is 0 Å². The van der Waals surface area contributed by atoms with Crippen molar-refractivity contribution in [2.24, 2.45) is 0 Å². The highest BCUT2D eigenvalue weighted by Gasteiger charge is 2.21. The Morgan fingerprint density at radius 2 is 1.77 bits per heavy atom. The molecule has 138 valence electrons. The van der Waals surface area contributed by atoms with Crippen LogP contribution in [0.4, 0.5) is 4.39 Å². The molecule has 0 saturated carbocycles. The zero-order valence-electron chi connectivity index (χ0n) is 14.7. The molecule has 2 aromatic carbocycles. The summed E-state index contributed by atoms with van der Waals surface area (Å²) in [7, 11) is 0. The zero-order valence-corrected chi connectivity index (χ0v) is 16.3. The topological polar surface area (TPSA) is 19.0 Å². The molecule has 1 aliphatic rings. The Balaban J connectivity index is 0.00000196. The third kappa shape index (κ3) is 4.43. The number of hydrogen-bond acceptors (Lipinski definition) is 2. The first-order chi connectivity index (χ1) is 12.3. The molecule has 0 unspecified atom stereocenters. The fourth-order valence-electron chi connectivity index (χ4n) is 3.55. The summed E-state index contributed by atoms with van der Waals surface area (Å²) in [4.78, 5) is 7.20. The minimum absolute atomic E-state index is 0. The zero-order chi connectivity index (χ0) is 17.1. The molecule has 0 atom stereocenters. The molecule has 0 amide bonds. The van der Waals surface area contributed by atoms with Crippen molar-refractivity contribution >= 4 is 35.1 Å². The van der Waals surface area contributed by atoms with E-state index in [0.717, 1.165) is 31.6 Å². The molecule has 0 radical (unpaired) electrons. The van der Waals surface area contributed by atoms with Crippen molar-refractivity contribution < 1.29 is 4.39 Å². The summed E-state index contributed by atoms with van der Waals surface area (Å²) in [6, 6.07) is 15.6. The van der Waals surface area contributed by atoms with E-state index >= 15 is 0 Å². The number of piperidine rings is 1. The van der Waals surface area contributed by atoms with E-state index in [1.165, 1.54) is 28.6 Å². The van der Waals surface area contributed by atoms with Gasteiger partial charge < -0.3 is 9.88 Å². The molecule has 1 aliphatic heterocycles. The van der Waals surface area contributed by atoms with Crippen LogP contribution >= 0.6 is 24.2 Å². The molecule has 1 fully saturated rings. The Morgan fingerprint density at radius 1 is 1.04 bits per heavy atom. The Kier molecular flexibility index (Phi) is 6.63. The fourth-order valence-corrected chi connectivity index (χ4v) is 4.79. The largest absolute Gasteiger partial charge is 0.360 e. The number of nitrogens with one attached hydrogen (secondary N) is 1. The van der Waals surface area contributed by atoms with Crippen molar-refractivity contribution in [2.75, 3.05) is 19.6 Å². The summed E-state index contributed by atoms with van der Waals surface area (Å²) in [5.41, 5.74) is 2.05. The molecule has 3 aromatic rings. The molecule has 1 aromatic heterocycles. The van der Waals surface area contributed by atoms with Gasteiger partial charge in [-0.1, -0.05) is 36.4 Å². The number of H-pyrrole nitrogens is 1. The van der Waals surface area contributed by atoms with Gasteiger partial charge in [0.2, 0.25) is 0 Å². The molecule has 2 nitrogen and oxygen atoms in total. The van der Waals surface area contributed by atoms with Crippen LogP contribution in [0.1, 0.15) is 18.4 Å². The number of fused-ring (bicyclic) bond motifs is 1. The standard InChI is InChI=1S/C21H23FN2S.ClH/c22-19-7-3-1-5-16(19)9-12-24-13-10-17(11-14-24)25-21-15-23-20-8-4-2-6-18(20)21;/h1-8,15,17,23H,9-14H2;1H. The quantitative estimate of drug-likeness (QED) is 0.617. The number of halogens is 2. The van der Waals surface area contributed by atoms with Crippen LogP contribution in [0.5, 0.6) is 0 Å². The first-order valence-corrected chi connectivity index (χ1v) is 9.86. The van der Waals surface area contributed by atoms with E-state index in [0.29, 0.717) is 5.25 Å². The Hall–Kier alpha value is -1.49. The molecule has 0 aliphatic carbocycles. The number of rotatable bonds is 5. The van der Waals surface area contributed by atoms with Crippen LogP contribution in [0.2, 0.25) is 0 Å². The highest BCUT2D eigenvalue weighted by atomic mass is 35.5. The number of para-hydroxylation sites is 1. The average molecular weight is 391 g/mol. The second-order valence-electron chi connectivity index (χ2n) is 6.70. The maximum absolute atomic E-state index is 13.7. The van der Waals surface area contributed by atoms with Crippen LogP contribution in [0.15, 0.2) is 59.6 Å². The van der Waals surface area contributed by atoms with E-state index in [2.05, 4.69) is 40.3 Å². The molecule has 1 N–H and O–H groups in total. The number of aromatic nitrogens is 1. The summed E-state index contributed by atoms with van der Waals surface area (Å²) in [6.07, 6.45) is 5.33. The second kappa shape index (κ2) is 8.94. The number of aromatic amines is 1. The predicted octanol–water partition coefficient (Wildman–Crippen LogP) is 5.53. The van der Waals surface area contributed by atoms with Gasteiger partial charge in [0.25, 0.3) is 0 Å². The predicted molar refractivity (Wildman–Crippen MR) is 111 cm³/mol. The first-order valence-electron chi connectivity index (χ1n) is 8.98. The van der Waals surface area contributed by atoms with E-state index in [1.54, 1.807) is 12.1 Å². The van der Waals surface area contributed by atoms with Crippen molar-refractivity contribution in [1.29, 1.82) is 0 Å². The normalized spacial score (nSPS) is 15.9. The van der Waals surface area contributed by atoms with E-state index in [4.69, 9.17) is 0 Å². The van der Waals surface area contributed by atoms with Crippen molar-refractivity contribution in [3.8, 4) is 0 Å². The number of likely N-dealkylation sites (tertiary alicyclic amines) is 1. The molecule has 4 rings (SSSR count). The first kappa shape index (κ1) is 19.3. The Labute approximate surface area is 164 Å². The van der Waals surface area contributed by atoms with E-state index < -0.39 is 0 Å². The lowest BCUT2D eigenvalue weighted by Crippen LogP contribution is -2.36. The summed E-state index contributed by atoms with van der Waals surface area (Å²) in [6.45, 7) is 3.16. The van der Waals surface area contributed by atoms with E-state index in [9.17, 15) is 4.39 Å². The van der Waals surface area contributed by atoms with Crippen molar-refractivity contribution in [1.82, 2.24) is 9.88 Å². The monoisotopic (exact) mass is 390 g/mol. The van der Waals surface area contributed by atoms with E-state index in [1.807, 2.05) is 23.9 Å². The van der Waals surface area contributed by atoms with Crippen molar-refractivity contribution in [3.05, 3.63) is 66.1 Å². The van der Waals surface area contributed by atoms with Gasteiger partial charge in [0, 0.05) is 33.8 Å². The van der Waals surface area contributed by atoms with Crippen LogP contribution in [0, 0.1) is 5.82 Å². The summed E-state index contributed by atoms with van der Waals surface area (Å²) in [5, 5.41) is 2.00. The summed E-state index contributed by atoms with van der Waals surface area (Å²) >= 11 is 2.00. The Bertz CT molecular complexity index is 843. The van der Waals surface area contributed by atoms with Crippen molar-refractivity contribution in [2.45, 2.75) is 29.4 Å². The third-order valence-corrected chi connectivity index (χ3v) is 6.43. The summed E-state index contributed by atoms with van der Waals surface area (Å²) < 4.78 is 13.7. The third-order valence-electron chi connectivity index (χ3n) is 5.03. The SMILES string of the molecule is Cl.Fc1ccccc1CCN1CCC(Sc2c[nH]c3ccccc23)CC1. The lowest BCUT2D eigenvalue weighted by molar-refractivity contribution is 0.235. The molecule has 0 bridgehead atoms. The summed E-state index contributed by atoms with van der Waals surface area (Å²) in [5.74, 6) is -0.0766. The van der Waals surface area contributed by atoms with Gasteiger partial charge in [0.1, 0.15) is 5.82 Å². The molecular weight excluding hydrogens is 367 g/mol. The van der Waals surface area contributed by atoms with Gasteiger partial charge in [-0.3, -0.25) is 0 Å². The maximum Gasteiger partial charge on any atom is 0.126 e. The number of benzene rings is 2. The smallest absolute Gasteiger partial charge is 0.126 e. The number of thioether (sulfide) groups is 1. The molecule has 2 heterocycles. The fraction of sp³-hybridized carbons (Fsp3) is 0.333. The molecule has 26 heavy (non-hydrogen) atoms. The Morgan fingerprint density at radius 3 is 2.58 bits per heavy atom. The second-order valence-corrected chi connectivity index (χ2v) is 8.04. The van der Waals surface area contributed by atoms with Crippen molar-refractivity contribution in [3.63, 3.8) is 0 Å². The highest BCUT2D eigenvalue weighted by Crippen LogP contribution is 2.35. The van der Waals surface area contributed by atoms with Gasteiger partial charge in [-0.2, -0.15) is 0 Å². The maximum atomic E-state index is 13.7. The van der Waals surface area contributed by atoms with Crippen LogP contribution in [0.3, 0.4) is 0 Å². The van der Waals surface area contributed by atoms with Gasteiger partial charge in [0.05, 0.1) is 0 Å². The van der Waals surface area contributed by atoms with Crippen LogP contribution in [0.25, 0.3) is 10.9 Å². The molecule has 5 heteroatoms. The van der Waals surface area contributed by atoms with E-state index in [-0.39, 0.29) is 18.2 Å². The van der Waals surface area contributed by atoms with Gasteiger partial charge in [-0.05, 0) is 50.0 Å². The minimum Gasteiger partial charge on any atom is -0.360 e. The van der Waals surface area contributed by atoms with Gasteiger partial charge in [0.15, 0.2) is 0 Å². The molecular formula is C21H24ClFN2S. The lowest BCUT2D eigenvalue weighted by atomic mass is 10.1. The van der Waals surface area contributed by atoms with Crippen LogP contribution in [-0.2, 0) is 6.42 Å². The molecule has 0 spiro atoms. The number of nitrogens with zero attached hydrogens (tertiary/aromatic N) is 1. The molecule has 1 saturated heterocycles. The highest BCUT2D eigenvalue weighted by molar-refractivity contribution is 8.00. The minimum atomic E-state index is -0.0766. The lowest BCUT2D eigenvalue weighted by Gasteiger charge is -2.31. The van der Waals surface area contributed by atoms with Gasteiger partial charge >= 0.3 is 0 Å². The number of hydrogen-bond donors (Lipinski definition) is 1. The van der Waals surface area contributed by atoms with Crippen LogP contribution in [-0.4, -0.2) is 34.8 Å².